The summed E-state index contributed by atoms with van der Waals surface area (Å²) in [4.78, 5) is 24.7. The van der Waals surface area contributed by atoms with Gasteiger partial charge in [-0.2, -0.15) is 0 Å². The molecule has 2 atom stereocenters. The Balaban J connectivity index is 1.96. The molecule has 2 rings (SSSR count). The summed E-state index contributed by atoms with van der Waals surface area (Å²) in [6.45, 7) is 3.41. The Bertz CT molecular complexity index is 793. The van der Waals surface area contributed by atoms with Gasteiger partial charge in [0.15, 0.2) is 0 Å². The number of hydrogen-bond acceptors (Lipinski definition) is 5. The van der Waals surface area contributed by atoms with Crippen LogP contribution in [0, 0.1) is 12.8 Å². The molecule has 0 heterocycles. The average Bonchev–Trinajstić information content (AvgIpc) is 2.68. The third-order valence-corrected chi connectivity index (χ3v) is 4.41. The molecule has 4 N–H and O–H groups in total. The van der Waals surface area contributed by atoms with Crippen molar-refractivity contribution in [1.29, 1.82) is 0 Å². The maximum Gasteiger partial charge on any atom is 0.475 e. The Hall–Kier alpha value is -2.84. The third kappa shape index (κ3) is 6.11. The first kappa shape index (κ1) is 21.5. The third-order valence-electron chi connectivity index (χ3n) is 4.41. The van der Waals surface area contributed by atoms with Gasteiger partial charge in [0.1, 0.15) is 11.7 Å². The molecule has 148 valence electrons. The minimum atomic E-state index is -1.75. The predicted molar refractivity (Wildman–Crippen MR) is 108 cm³/mol. The molecule has 0 fully saturated rings. The Labute approximate surface area is 164 Å². The number of carbonyl (C=O) groups is 2. The first-order valence-electron chi connectivity index (χ1n) is 8.97. The Morgan fingerprint density at radius 3 is 2.18 bits per heavy atom. The van der Waals surface area contributed by atoms with E-state index in [1.807, 2.05) is 31.2 Å². The Morgan fingerprint density at radius 2 is 1.64 bits per heavy atom. The highest BCUT2D eigenvalue weighted by Crippen LogP contribution is 2.16. The molecule has 8 heteroatoms. The molecule has 0 aromatic heterocycles. The normalized spacial score (nSPS) is 12.6. The molecule has 7 nitrogen and oxygen atoms in total. The maximum absolute atomic E-state index is 12.4. The van der Waals surface area contributed by atoms with Crippen LogP contribution in [0.3, 0.4) is 0 Å². The van der Waals surface area contributed by atoms with Gasteiger partial charge in [-0.15, -0.1) is 0 Å². The van der Waals surface area contributed by atoms with Crippen LogP contribution in [0.25, 0.3) is 0 Å². The predicted octanol–water partition coefficient (Wildman–Crippen LogP) is 1.32. The van der Waals surface area contributed by atoms with Gasteiger partial charge in [0.25, 0.3) is 0 Å². The summed E-state index contributed by atoms with van der Waals surface area (Å²) in [5, 5.41) is 24.4. The van der Waals surface area contributed by atoms with E-state index in [0.29, 0.717) is 11.4 Å². The minimum absolute atomic E-state index is 0.233. The lowest BCUT2D eigenvalue weighted by Crippen LogP contribution is -2.50. The van der Waals surface area contributed by atoms with Crippen LogP contribution in [-0.4, -0.2) is 42.0 Å². The number of amides is 2. The summed E-state index contributed by atoms with van der Waals surface area (Å²) in [7, 11) is -0.204. The molecule has 0 spiro atoms. The van der Waals surface area contributed by atoms with Gasteiger partial charge in [0, 0.05) is 5.69 Å². The summed E-state index contributed by atoms with van der Waals surface area (Å²) in [6, 6.07) is 14.2. The zero-order valence-electron chi connectivity index (χ0n) is 16.2. The van der Waals surface area contributed by atoms with Crippen molar-refractivity contribution in [2.24, 2.45) is 5.92 Å². The van der Waals surface area contributed by atoms with Crippen LogP contribution in [0.5, 0.6) is 5.75 Å². The van der Waals surface area contributed by atoms with Gasteiger partial charge < -0.3 is 25.4 Å². The highest BCUT2D eigenvalue weighted by molar-refractivity contribution is 6.43. The van der Waals surface area contributed by atoms with Crippen LogP contribution in [0.4, 0.5) is 5.69 Å². The zero-order valence-corrected chi connectivity index (χ0v) is 16.2. The average molecular weight is 384 g/mol. The fourth-order valence-corrected chi connectivity index (χ4v) is 2.56. The number of hydrogen-bond donors (Lipinski definition) is 4. The number of methoxy groups -OCH3 is 1. The minimum Gasteiger partial charge on any atom is -0.497 e. The monoisotopic (exact) mass is 384 g/mol. The lowest BCUT2D eigenvalue weighted by atomic mass is 9.75. The molecule has 0 radical (unpaired) electrons. The van der Waals surface area contributed by atoms with Crippen molar-refractivity contribution in [1.82, 2.24) is 5.32 Å². The van der Waals surface area contributed by atoms with Gasteiger partial charge in [-0.1, -0.05) is 29.8 Å². The fourth-order valence-electron chi connectivity index (χ4n) is 2.56. The van der Waals surface area contributed by atoms with Gasteiger partial charge in [0.05, 0.1) is 13.1 Å². The number of aryl methyl sites for hydroxylation is 1. The molecule has 0 aliphatic rings. The van der Waals surface area contributed by atoms with Crippen molar-refractivity contribution in [2.75, 3.05) is 12.4 Å². The molecule has 2 aromatic rings. The lowest BCUT2D eigenvalue weighted by molar-refractivity contribution is -0.132. The largest absolute Gasteiger partial charge is 0.497 e. The molecule has 0 bridgehead atoms. The van der Waals surface area contributed by atoms with Gasteiger partial charge >= 0.3 is 7.12 Å². The molecule has 0 aliphatic heterocycles. The molecule has 2 aromatic carbocycles. The van der Waals surface area contributed by atoms with Crippen LogP contribution in [-0.2, 0) is 16.0 Å². The van der Waals surface area contributed by atoms with Gasteiger partial charge in [-0.25, -0.2) is 0 Å². The molecule has 0 saturated carbocycles. The summed E-state index contributed by atoms with van der Waals surface area (Å²) in [6.07, 6.45) is 0.233. The van der Waals surface area contributed by atoms with E-state index in [9.17, 15) is 19.6 Å². The van der Waals surface area contributed by atoms with Crippen molar-refractivity contribution in [2.45, 2.75) is 26.2 Å². The highest BCUT2D eigenvalue weighted by atomic mass is 16.5. The van der Waals surface area contributed by atoms with E-state index in [1.54, 1.807) is 31.4 Å². The van der Waals surface area contributed by atoms with E-state index in [-0.39, 0.29) is 6.42 Å². The second-order valence-corrected chi connectivity index (χ2v) is 6.66. The summed E-state index contributed by atoms with van der Waals surface area (Å²) >= 11 is 0. The van der Waals surface area contributed by atoms with E-state index < -0.39 is 30.8 Å². The molecular weight excluding hydrogens is 359 g/mol. The molecule has 2 amide bonds. The van der Waals surface area contributed by atoms with E-state index >= 15 is 0 Å². The molecule has 0 saturated heterocycles. The van der Waals surface area contributed by atoms with E-state index in [2.05, 4.69) is 10.6 Å². The quantitative estimate of drug-likeness (QED) is 0.406. The van der Waals surface area contributed by atoms with E-state index in [1.165, 1.54) is 6.92 Å². The van der Waals surface area contributed by atoms with Crippen LogP contribution in [0.1, 0.15) is 18.1 Å². The lowest BCUT2D eigenvalue weighted by Gasteiger charge is -2.20. The Kier molecular flexibility index (Phi) is 7.60. The van der Waals surface area contributed by atoms with Crippen LogP contribution < -0.4 is 15.4 Å². The van der Waals surface area contributed by atoms with Crippen molar-refractivity contribution >= 4 is 24.6 Å². The molecular formula is C20H25BN2O5. The topological polar surface area (TPSA) is 108 Å². The summed E-state index contributed by atoms with van der Waals surface area (Å²) < 4.78 is 5.06. The number of ether oxygens (including phenoxy) is 1. The molecule has 2 unspecified atom stereocenters. The number of anilines is 1. The number of nitrogens with one attached hydrogen (secondary N) is 2. The molecule has 28 heavy (non-hydrogen) atoms. The SMILES string of the molecule is COc1ccc(NC(=O)C(C)C(=O)NC(Cc2ccc(C)cc2)B(O)O)cc1. The van der Waals surface area contributed by atoms with E-state index in [0.717, 1.165) is 11.1 Å². The van der Waals surface area contributed by atoms with Gasteiger partial charge in [0.2, 0.25) is 11.8 Å². The number of rotatable bonds is 8. The fraction of sp³-hybridized carbons (Fsp3) is 0.300. The molecule has 0 aliphatic carbocycles. The van der Waals surface area contributed by atoms with Gasteiger partial charge in [-0.05, 0) is 50.1 Å². The van der Waals surface area contributed by atoms with Crippen LogP contribution in [0.2, 0.25) is 0 Å². The maximum atomic E-state index is 12.4. The number of benzene rings is 2. The van der Waals surface area contributed by atoms with Crippen molar-refractivity contribution in [3.63, 3.8) is 0 Å². The first-order valence-corrected chi connectivity index (χ1v) is 8.97. The van der Waals surface area contributed by atoms with E-state index in [4.69, 9.17) is 4.74 Å². The zero-order chi connectivity index (χ0) is 20.7. The summed E-state index contributed by atoms with van der Waals surface area (Å²) in [5.74, 6) is -2.37. The van der Waals surface area contributed by atoms with Crippen molar-refractivity contribution in [3.8, 4) is 5.75 Å². The second kappa shape index (κ2) is 9.91. The number of carbonyl (C=O) groups excluding carboxylic acids is 2. The highest BCUT2D eigenvalue weighted by Gasteiger charge is 2.29. The van der Waals surface area contributed by atoms with Crippen molar-refractivity contribution in [3.05, 3.63) is 59.7 Å². The Morgan fingerprint density at radius 1 is 1.04 bits per heavy atom. The smallest absolute Gasteiger partial charge is 0.475 e. The van der Waals surface area contributed by atoms with Crippen LogP contribution >= 0.6 is 0 Å². The van der Waals surface area contributed by atoms with Gasteiger partial charge in [-0.3, -0.25) is 9.59 Å². The standard InChI is InChI=1S/C20H25BN2O5/c1-13-4-6-15(7-5-13)12-18(21(26)27)23-20(25)14(2)19(24)22-16-8-10-17(28-3)11-9-16/h4-11,14,18,26-27H,12H2,1-3H3,(H,22,24)(H,23,25). The summed E-state index contributed by atoms with van der Waals surface area (Å²) in [5.41, 5.74) is 2.46. The first-order chi connectivity index (χ1) is 13.3. The van der Waals surface area contributed by atoms with Crippen LogP contribution in [0.15, 0.2) is 48.5 Å². The second-order valence-electron chi connectivity index (χ2n) is 6.66. The van der Waals surface area contributed by atoms with Crippen molar-refractivity contribution < 1.29 is 24.4 Å².